The third-order valence-corrected chi connectivity index (χ3v) is 5.13. The van der Waals surface area contributed by atoms with Gasteiger partial charge in [0.1, 0.15) is 12.5 Å². The van der Waals surface area contributed by atoms with Crippen LogP contribution in [0.4, 0.5) is 0 Å². The van der Waals surface area contributed by atoms with Crippen molar-refractivity contribution in [3.8, 4) is 5.75 Å². The number of hydrogen-bond acceptors (Lipinski definition) is 6. The van der Waals surface area contributed by atoms with E-state index < -0.39 is 0 Å². The Balaban J connectivity index is 1.99. The summed E-state index contributed by atoms with van der Waals surface area (Å²) in [6, 6.07) is 14.6. The Kier molecular flexibility index (Phi) is 13.7. The zero-order valence-electron chi connectivity index (χ0n) is 20.7. The Bertz CT molecular complexity index is 877. The highest BCUT2D eigenvalue weighted by Gasteiger charge is 2.03. The molecule has 6 nitrogen and oxygen atoms in total. The summed E-state index contributed by atoms with van der Waals surface area (Å²) in [5.74, 6) is 0.606. The fraction of sp³-hybridized carbons (Fsp3) is 0.464. The molecule has 0 aliphatic carbocycles. The minimum absolute atomic E-state index is 0.136. The quantitative estimate of drug-likeness (QED) is 0.122. The highest BCUT2D eigenvalue weighted by atomic mass is 16.7. The van der Waals surface area contributed by atoms with E-state index in [2.05, 4.69) is 47.2 Å². The number of benzene rings is 2. The van der Waals surface area contributed by atoms with Crippen LogP contribution in [0.25, 0.3) is 12.2 Å². The van der Waals surface area contributed by atoms with Gasteiger partial charge in [0.05, 0.1) is 13.7 Å². The number of unbranched alkanes of at least 4 members (excludes halogenated alkanes) is 2. The monoisotopic (exact) mass is 470 g/mol. The van der Waals surface area contributed by atoms with Crippen LogP contribution in [0.2, 0.25) is 0 Å². The lowest BCUT2D eigenvalue weighted by molar-refractivity contribution is -0.140. The van der Waals surface area contributed by atoms with Gasteiger partial charge in [0.25, 0.3) is 0 Å². The van der Waals surface area contributed by atoms with Gasteiger partial charge in [-0.2, -0.15) is 0 Å². The molecular formula is C28H38O6. The summed E-state index contributed by atoms with van der Waals surface area (Å²) < 4.78 is 26.6. The maximum Gasteiger partial charge on any atom is 0.305 e. The van der Waals surface area contributed by atoms with Crippen molar-refractivity contribution in [3.05, 3.63) is 64.7 Å². The molecular weight excluding hydrogens is 432 g/mol. The van der Waals surface area contributed by atoms with Gasteiger partial charge < -0.3 is 23.7 Å². The average Bonchev–Trinajstić information content (AvgIpc) is 2.85. The number of ether oxygens (including phenoxy) is 5. The van der Waals surface area contributed by atoms with Gasteiger partial charge in [-0.25, -0.2) is 0 Å². The first kappa shape index (κ1) is 27.6. The van der Waals surface area contributed by atoms with Crippen LogP contribution in [0.15, 0.2) is 42.5 Å². The minimum Gasteiger partial charge on any atom is -0.469 e. The number of hydrogen-bond donors (Lipinski definition) is 0. The van der Waals surface area contributed by atoms with E-state index in [1.165, 1.54) is 12.7 Å². The first-order valence-electron chi connectivity index (χ1n) is 12.0. The minimum atomic E-state index is -0.136. The molecule has 0 aliphatic rings. The van der Waals surface area contributed by atoms with Gasteiger partial charge >= 0.3 is 5.97 Å². The topological polar surface area (TPSA) is 63.2 Å². The molecule has 0 aliphatic heterocycles. The van der Waals surface area contributed by atoms with E-state index >= 15 is 0 Å². The molecule has 6 heteroatoms. The molecule has 2 aromatic carbocycles. The average molecular weight is 471 g/mol. The smallest absolute Gasteiger partial charge is 0.305 e. The summed E-state index contributed by atoms with van der Waals surface area (Å²) in [6.45, 7) is 6.02. The molecule has 0 unspecified atom stereocenters. The molecule has 0 atom stereocenters. The first-order chi connectivity index (χ1) is 16.6. The second-order valence-electron chi connectivity index (χ2n) is 7.84. The van der Waals surface area contributed by atoms with Crippen molar-refractivity contribution in [1.82, 2.24) is 0 Å². The van der Waals surface area contributed by atoms with Crippen molar-refractivity contribution in [2.75, 3.05) is 33.9 Å². The van der Waals surface area contributed by atoms with Gasteiger partial charge in [0.15, 0.2) is 6.79 Å². The van der Waals surface area contributed by atoms with E-state index in [1.54, 1.807) is 0 Å². The van der Waals surface area contributed by atoms with Gasteiger partial charge in [0.2, 0.25) is 0 Å². The molecule has 0 saturated carbocycles. The zero-order chi connectivity index (χ0) is 24.4. The van der Waals surface area contributed by atoms with Gasteiger partial charge in [-0.15, -0.1) is 0 Å². The van der Waals surface area contributed by atoms with Crippen molar-refractivity contribution in [2.45, 2.75) is 52.6 Å². The van der Waals surface area contributed by atoms with Crippen LogP contribution in [0.5, 0.6) is 5.75 Å². The van der Waals surface area contributed by atoms with Crippen molar-refractivity contribution in [2.24, 2.45) is 0 Å². The van der Waals surface area contributed by atoms with Gasteiger partial charge in [-0.05, 0) is 73.6 Å². The SMILES string of the molecule is CCOCOCc1cc(/C=C/c2cccc(CCCCCC(=O)OC)c2)cc(OCOCC)c1. The molecule has 0 heterocycles. The van der Waals surface area contributed by atoms with Crippen LogP contribution >= 0.6 is 0 Å². The Hall–Kier alpha value is -2.67. The number of rotatable bonds is 17. The van der Waals surface area contributed by atoms with E-state index in [0.29, 0.717) is 26.2 Å². The van der Waals surface area contributed by atoms with Crippen LogP contribution in [0.1, 0.15) is 61.8 Å². The fourth-order valence-electron chi connectivity index (χ4n) is 3.37. The highest BCUT2D eigenvalue weighted by molar-refractivity contribution is 5.71. The first-order valence-corrected chi connectivity index (χ1v) is 12.0. The molecule has 0 spiro atoms. The molecule has 0 radical (unpaired) electrons. The lowest BCUT2D eigenvalue weighted by atomic mass is 10.0. The van der Waals surface area contributed by atoms with Crippen LogP contribution in [0.3, 0.4) is 0 Å². The van der Waals surface area contributed by atoms with Crippen LogP contribution < -0.4 is 4.74 Å². The summed E-state index contributed by atoms with van der Waals surface area (Å²) >= 11 is 0. The Labute approximate surface area is 203 Å². The number of esters is 1. The molecule has 0 N–H and O–H groups in total. The van der Waals surface area contributed by atoms with Gasteiger partial charge in [0, 0.05) is 19.6 Å². The van der Waals surface area contributed by atoms with Crippen LogP contribution in [-0.2, 0) is 36.8 Å². The number of carbonyl (C=O) groups excluding carboxylic acids is 1. The standard InChI is InChI=1S/C28H38O6/c1-4-31-21-33-20-26-17-25(18-27(19-26)34-22-32-5-2)15-14-24-12-9-11-23(16-24)10-7-6-8-13-28(29)30-3/h9,11-12,14-19H,4-8,10,13,20-22H2,1-3H3/b15-14+. The second-order valence-corrected chi connectivity index (χ2v) is 7.84. The Morgan fingerprint density at radius 3 is 2.38 bits per heavy atom. The maximum atomic E-state index is 11.2. The third kappa shape index (κ3) is 11.5. The molecule has 0 amide bonds. The van der Waals surface area contributed by atoms with E-state index in [-0.39, 0.29) is 19.6 Å². The maximum absolute atomic E-state index is 11.2. The van der Waals surface area contributed by atoms with E-state index in [1.807, 2.05) is 26.0 Å². The predicted octanol–water partition coefficient (Wildman–Crippen LogP) is 6.02. The van der Waals surface area contributed by atoms with Crippen molar-refractivity contribution >= 4 is 18.1 Å². The summed E-state index contributed by atoms with van der Waals surface area (Å²) in [7, 11) is 1.43. The van der Waals surface area contributed by atoms with Crippen molar-refractivity contribution in [1.29, 1.82) is 0 Å². The molecule has 0 aromatic heterocycles. The molecule has 0 saturated heterocycles. The molecule has 34 heavy (non-hydrogen) atoms. The third-order valence-electron chi connectivity index (χ3n) is 5.13. The van der Waals surface area contributed by atoms with E-state index in [0.717, 1.165) is 48.1 Å². The number of carbonyl (C=O) groups is 1. The lowest BCUT2D eigenvalue weighted by Gasteiger charge is -2.10. The number of aryl methyl sites for hydroxylation is 1. The van der Waals surface area contributed by atoms with E-state index in [9.17, 15) is 4.79 Å². The summed E-state index contributed by atoms with van der Waals surface area (Å²) in [5, 5.41) is 0. The Morgan fingerprint density at radius 1 is 0.824 bits per heavy atom. The van der Waals surface area contributed by atoms with Gasteiger partial charge in [-0.3, -0.25) is 4.79 Å². The second kappa shape index (κ2) is 16.9. The summed E-state index contributed by atoms with van der Waals surface area (Å²) in [5.41, 5.74) is 4.46. The molecule has 0 bridgehead atoms. The summed E-state index contributed by atoms with van der Waals surface area (Å²) in [6.07, 6.45) is 8.59. The zero-order valence-corrected chi connectivity index (χ0v) is 20.7. The van der Waals surface area contributed by atoms with Crippen molar-refractivity contribution in [3.63, 3.8) is 0 Å². The van der Waals surface area contributed by atoms with Gasteiger partial charge in [-0.1, -0.05) is 42.8 Å². The molecule has 2 aromatic rings. The fourth-order valence-corrected chi connectivity index (χ4v) is 3.37. The molecule has 0 fully saturated rings. The van der Waals surface area contributed by atoms with Crippen LogP contribution in [-0.4, -0.2) is 39.9 Å². The summed E-state index contributed by atoms with van der Waals surface area (Å²) in [4.78, 5) is 11.2. The highest BCUT2D eigenvalue weighted by Crippen LogP contribution is 2.21. The van der Waals surface area contributed by atoms with Crippen molar-refractivity contribution < 1.29 is 28.5 Å². The van der Waals surface area contributed by atoms with E-state index in [4.69, 9.17) is 18.9 Å². The normalized spacial score (nSPS) is 11.1. The Morgan fingerprint density at radius 2 is 1.59 bits per heavy atom. The largest absolute Gasteiger partial charge is 0.469 e. The predicted molar refractivity (Wildman–Crippen MR) is 134 cm³/mol. The number of methoxy groups -OCH3 is 1. The molecule has 186 valence electrons. The molecule has 2 rings (SSSR count). The lowest BCUT2D eigenvalue weighted by Crippen LogP contribution is -2.04. The van der Waals surface area contributed by atoms with Crippen LogP contribution in [0, 0.1) is 0 Å².